The molecule has 34 heavy (non-hydrogen) atoms. The maximum Gasteiger partial charge on any atom is 0.417 e. The van der Waals surface area contributed by atoms with Gasteiger partial charge in [0.1, 0.15) is 19.0 Å². The minimum absolute atomic E-state index is 0.0305. The van der Waals surface area contributed by atoms with E-state index in [4.69, 9.17) is 16.3 Å². The highest BCUT2D eigenvalue weighted by molar-refractivity contribution is 6.31. The molecule has 0 saturated heterocycles. The van der Waals surface area contributed by atoms with Crippen molar-refractivity contribution < 1.29 is 40.2 Å². The van der Waals surface area contributed by atoms with Crippen LogP contribution in [0.15, 0.2) is 41.2 Å². The summed E-state index contributed by atoms with van der Waals surface area (Å²) in [5.41, 5.74) is -3.60. The van der Waals surface area contributed by atoms with Gasteiger partial charge in [-0.3, -0.25) is 4.79 Å². The van der Waals surface area contributed by atoms with Gasteiger partial charge in [0.15, 0.2) is 5.82 Å². The van der Waals surface area contributed by atoms with Crippen LogP contribution in [0.1, 0.15) is 5.56 Å². The molecule has 0 atom stereocenters. The first-order valence-corrected chi connectivity index (χ1v) is 9.64. The lowest BCUT2D eigenvalue weighted by molar-refractivity contribution is -0.175. The lowest BCUT2D eigenvalue weighted by atomic mass is 10.1. The summed E-state index contributed by atoms with van der Waals surface area (Å²) >= 11 is 5.64. The van der Waals surface area contributed by atoms with Crippen molar-refractivity contribution in [3.8, 4) is 28.7 Å². The van der Waals surface area contributed by atoms with E-state index in [2.05, 4.69) is 19.7 Å². The number of rotatable bonds is 7. The Morgan fingerprint density at radius 3 is 2.38 bits per heavy atom. The van der Waals surface area contributed by atoms with Crippen molar-refractivity contribution in [3.05, 3.63) is 63.2 Å². The summed E-state index contributed by atoms with van der Waals surface area (Å²) in [7, 11) is 0. The van der Waals surface area contributed by atoms with Crippen molar-refractivity contribution in [1.29, 1.82) is 0 Å². The molecule has 1 aromatic carbocycles. The Morgan fingerprint density at radius 1 is 0.971 bits per heavy atom. The molecule has 0 spiro atoms. The molecule has 0 unspecified atom stereocenters. The summed E-state index contributed by atoms with van der Waals surface area (Å²) in [4.78, 5) is 22.1. The third-order valence-electron chi connectivity index (χ3n) is 4.11. The molecule has 1 N–H and O–H groups in total. The average Bonchev–Trinajstić information content (AvgIpc) is 2.73. The normalized spacial score (nSPS) is 12.1. The van der Waals surface area contributed by atoms with Crippen molar-refractivity contribution in [2.45, 2.75) is 12.4 Å². The number of hydrogen-bond acceptors (Lipinski definition) is 5. The number of pyridine rings is 1. The van der Waals surface area contributed by atoms with Crippen LogP contribution >= 0.6 is 11.6 Å². The van der Waals surface area contributed by atoms with Crippen LogP contribution < -0.4 is 10.3 Å². The maximum atomic E-state index is 14.6. The molecule has 182 valence electrons. The predicted molar refractivity (Wildman–Crippen MR) is 106 cm³/mol. The summed E-state index contributed by atoms with van der Waals surface area (Å²) in [6.07, 6.45) is -9.47. The molecule has 2 aromatic heterocycles. The fourth-order valence-electron chi connectivity index (χ4n) is 2.76. The van der Waals surface area contributed by atoms with Gasteiger partial charge in [-0.15, -0.1) is 0 Å². The highest BCUT2D eigenvalue weighted by atomic mass is 35.5. The minimum atomic E-state index is -4.98. The molecule has 3 rings (SSSR count). The molecule has 2 heterocycles. The lowest BCUT2D eigenvalue weighted by Gasteiger charge is -2.14. The number of benzene rings is 1. The Bertz CT molecular complexity index is 1230. The number of ether oxygens (including phenoxy) is 2. The number of halogens is 8. The van der Waals surface area contributed by atoms with E-state index in [0.717, 1.165) is 12.1 Å². The van der Waals surface area contributed by atoms with Gasteiger partial charge in [0.05, 0.1) is 34.1 Å². The molecule has 0 aliphatic heterocycles. The second kappa shape index (κ2) is 9.97. The van der Waals surface area contributed by atoms with Crippen LogP contribution in [-0.2, 0) is 10.9 Å². The van der Waals surface area contributed by atoms with Crippen molar-refractivity contribution in [2.24, 2.45) is 0 Å². The largest absolute Gasteiger partial charge is 0.475 e. The summed E-state index contributed by atoms with van der Waals surface area (Å²) in [6.45, 7) is -2.14. The molecular weight excluding hydrogens is 499 g/mol. The monoisotopic (exact) mass is 511 g/mol. The van der Waals surface area contributed by atoms with Gasteiger partial charge in [-0.2, -0.15) is 26.3 Å². The minimum Gasteiger partial charge on any atom is -0.475 e. The highest BCUT2D eigenvalue weighted by Gasteiger charge is 2.36. The van der Waals surface area contributed by atoms with Gasteiger partial charge in [0.2, 0.25) is 5.88 Å². The van der Waals surface area contributed by atoms with Crippen LogP contribution in [0.25, 0.3) is 22.8 Å². The first kappa shape index (κ1) is 25.4. The number of alkyl halides is 6. The van der Waals surface area contributed by atoms with Gasteiger partial charge in [-0.05, 0) is 18.2 Å². The summed E-state index contributed by atoms with van der Waals surface area (Å²) in [5.74, 6) is -2.24. The van der Waals surface area contributed by atoms with Crippen molar-refractivity contribution in [2.75, 3.05) is 19.8 Å². The number of nitrogens with one attached hydrogen (secondary N) is 1. The maximum absolute atomic E-state index is 14.6. The van der Waals surface area contributed by atoms with E-state index in [1.807, 2.05) is 0 Å². The second-order valence-corrected chi connectivity index (χ2v) is 7.05. The molecule has 0 aliphatic rings. The standard InChI is InChI=1S/C20H13ClF7N3O3/c21-11-5-4-10(20(26,27)28)16(17(11)22)18-30-13(8-14(32)31-18)12-2-1-3-15(29-12)34-7-6-33-9-19(23,24)25/h1-5,8H,6-7,9H2,(H,30,31,32). The molecule has 0 bridgehead atoms. The molecule has 0 radical (unpaired) electrons. The molecule has 14 heteroatoms. The Hall–Kier alpha value is -3.19. The molecule has 0 amide bonds. The molecular formula is C20H13ClF7N3O3. The molecule has 3 aromatic rings. The quantitative estimate of drug-likeness (QED) is 0.345. The predicted octanol–water partition coefficient (Wildman–Crippen LogP) is 5.27. The average molecular weight is 512 g/mol. The van der Waals surface area contributed by atoms with Crippen LogP contribution in [0.3, 0.4) is 0 Å². The van der Waals surface area contributed by atoms with Crippen LogP contribution in [0.5, 0.6) is 5.88 Å². The molecule has 0 saturated carbocycles. The van der Waals surface area contributed by atoms with Crippen molar-refractivity contribution >= 4 is 11.6 Å². The van der Waals surface area contributed by atoms with Crippen LogP contribution in [-0.4, -0.2) is 40.9 Å². The van der Waals surface area contributed by atoms with Crippen LogP contribution in [0, 0.1) is 5.82 Å². The Balaban J connectivity index is 1.91. The van der Waals surface area contributed by atoms with Gasteiger partial charge in [0, 0.05) is 12.1 Å². The smallest absolute Gasteiger partial charge is 0.417 e. The van der Waals surface area contributed by atoms with Crippen molar-refractivity contribution in [1.82, 2.24) is 15.0 Å². The van der Waals surface area contributed by atoms with Crippen molar-refractivity contribution in [3.63, 3.8) is 0 Å². The molecule has 6 nitrogen and oxygen atoms in total. The van der Waals surface area contributed by atoms with Gasteiger partial charge < -0.3 is 14.5 Å². The zero-order valence-electron chi connectivity index (χ0n) is 16.7. The lowest BCUT2D eigenvalue weighted by Crippen LogP contribution is -2.19. The second-order valence-electron chi connectivity index (χ2n) is 6.64. The van der Waals surface area contributed by atoms with E-state index in [1.165, 1.54) is 18.2 Å². The van der Waals surface area contributed by atoms with E-state index in [0.29, 0.717) is 6.07 Å². The Kier molecular flexibility index (Phi) is 7.46. The zero-order valence-corrected chi connectivity index (χ0v) is 17.5. The van der Waals surface area contributed by atoms with Gasteiger partial charge in [-0.25, -0.2) is 14.4 Å². The fourth-order valence-corrected chi connectivity index (χ4v) is 2.91. The highest BCUT2D eigenvalue weighted by Crippen LogP contribution is 2.39. The van der Waals surface area contributed by atoms with E-state index in [-0.39, 0.29) is 23.9 Å². The zero-order chi connectivity index (χ0) is 25.1. The Labute approximate surface area is 191 Å². The van der Waals surface area contributed by atoms with E-state index >= 15 is 0 Å². The van der Waals surface area contributed by atoms with Gasteiger partial charge in [0.25, 0.3) is 5.56 Å². The van der Waals surface area contributed by atoms with Gasteiger partial charge in [-0.1, -0.05) is 17.7 Å². The summed E-state index contributed by atoms with van der Waals surface area (Å²) in [6, 6.07) is 6.29. The summed E-state index contributed by atoms with van der Waals surface area (Å²) < 4.78 is 101. The first-order chi connectivity index (χ1) is 15.8. The van der Waals surface area contributed by atoms with E-state index in [1.54, 1.807) is 0 Å². The van der Waals surface area contributed by atoms with Gasteiger partial charge >= 0.3 is 12.4 Å². The Morgan fingerprint density at radius 2 is 1.71 bits per heavy atom. The third kappa shape index (κ3) is 6.44. The fraction of sp³-hybridized carbons (Fsp3) is 0.250. The van der Waals surface area contributed by atoms with E-state index < -0.39 is 58.9 Å². The van der Waals surface area contributed by atoms with Crippen LogP contribution in [0.4, 0.5) is 30.7 Å². The summed E-state index contributed by atoms with van der Waals surface area (Å²) in [5, 5.41) is -0.614. The number of aromatic nitrogens is 3. The molecule has 0 fully saturated rings. The first-order valence-electron chi connectivity index (χ1n) is 9.27. The van der Waals surface area contributed by atoms with Crippen LogP contribution in [0.2, 0.25) is 5.02 Å². The number of H-pyrrole nitrogens is 1. The molecule has 0 aliphatic carbocycles. The topological polar surface area (TPSA) is 77.1 Å². The third-order valence-corrected chi connectivity index (χ3v) is 4.40. The van der Waals surface area contributed by atoms with E-state index in [9.17, 15) is 35.5 Å². The SMILES string of the molecule is O=c1cc(-c2cccc(OCCOCC(F)(F)F)n2)nc(-c2c(C(F)(F)F)ccc(Cl)c2F)[nH]1. The number of hydrogen-bond donors (Lipinski definition) is 1. The number of aromatic amines is 1. The number of nitrogens with zero attached hydrogens (tertiary/aromatic N) is 2.